The second-order valence-electron chi connectivity index (χ2n) is 4.15. The van der Waals surface area contributed by atoms with Crippen molar-refractivity contribution in [2.75, 3.05) is 32.3 Å². The highest BCUT2D eigenvalue weighted by molar-refractivity contribution is 7.98. The van der Waals surface area contributed by atoms with E-state index in [1.54, 1.807) is 0 Å². The Hall–Kier alpha value is -0.950. The van der Waals surface area contributed by atoms with Crippen LogP contribution < -0.4 is 10.6 Å². The number of carbonyl (C=O) groups excluding carboxylic acids is 1. The number of rotatable bonds is 11. The summed E-state index contributed by atoms with van der Waals surface area (Å²) in [5, 5.41) is 13.8. The monoisotopic (exact) mass is 292 g/mol. The summed E-state index contributed by atoms with van der Waals surface area (Å²) in [5.41, 5.74) is 0. The van der Waals surface area contributed by atoms with Crippen LogP contribution in [0.4, 0.5) is 4.79 Å². The number of thioether (sulfide) groups is 1. The molecular weight excluding hydrogens is 268 g/mol. The van der Waals surface area contributed by atoms with Gasteiger partial charge in [-0.05, 0) is 24.9 Å². The van der Waals surface area contributed by atoms with Gasteiger partial charge in [0.05, 0.1) is 6.61 Å². The molecule has 6 nitrogen and oxygen atoms in total. The maximum atomic E-state index is 11.4. The van der Waals surface area contributed by atoms with Gasteiger partial charge in [-0.3, -0.25) is 0 Å². The van der Waals surface area contributed by atoms with E-state index in [4.69, 9.17) is 9.84 Å². The molecule has 112 valence electrons. The highest BCUT2D eigenvalue weighted by atomic mass is 32.2. The van der Waals surface area contributed by atoms with E-state index in [1.807, 2.05) is 11.8 Å². The van der Waals surface area contributed by atoms with Crippen LogP contribution in [0.5, 0.6) is 0 Å². The molecule has 1 atom stereocenters. The van der Waals surface area contributed by atoms with Crippen molar-refractivity contribution < 1.29 is 19.4 Å². The summed E-state index contributed by atoms with van der Waals surface area (Å²) in [7, 11) is 1.39. The molecule has 0 aromatic heterocycles. The first-order valence-electron chi connectivity index (χ1n) is 6.36. The Morgan fingerprint density at radius 1 is 1.26 bits per heavy atom. The summed E-state index contributed by atoms with van der Waals surface area (Å²) in [6.07, 6.45) is 6.42. The van der Waals surface area contributed by atoms with Crippen LogP contribution in [0.25, 0.3) is 0 Å². The molecule has 0 aliphatic heterocycles. The Labute approximate surface area is 118 Å². The first kappa shape index (κ1) is 18.0. The predicted octanol–water partition coefficient (Wildman–Crippen LogP) is 1.31. The lowest BCUT2D eigenvalue weighted by atomic mass is 10.2. The Morgan fingerprint density at radius 2 is 1.95 bits per heavy atom. The highest BCUT2D eigenvalue weighted by Crippen LogP contribution is 2.03. The molecular formula is C12H24N2O4S. The van der Waals surface area contributed by atoms with Gasteiger partial charge in [-0.1, -0.05) is 12.8 Å². The number of carboxylic acid groups (broad SMARTS) is 1. The van der Waals surface area contributed by atoms with E-state index in [-0.39, 0.29) is 6.61 Å². The van der Waals surface area contributed by atoms with Gasteiger partial charge in [-0.2, -0.15) is 11.8 Å². The van der Waals surface area contributed by atoms with E-state index in [0.717, 1.165) is 19.3 Å². The standard InChI is InChI=1S/C12H24N2O4S/c1-18-9-10(11(15)16)14-12(17)13-7-5-3-4-6-8-19-2/h10H,3-9H2,1-2H3,(H,15,16)(H2,13,14,17). The Morgan fingerprint density at radius 3 is 2.53 bits per heavy atom. The molecule has 0 saturated carbocycles. The molecule has 0 aliphatic carbocycles. The molecule has 7 heteroatoms. The molecule has 0 bridgehead atoms. The molecule has 1 unspecified atom stereocenters. The van der Waals surface area contributed by atoms with Crippen molar-refractivity contribution in [2.24, 2.45) is 0 Å². The quantitative estimate of drug-likeness (QED) is 0.500. The number of methoxy groups -OCH3 is 1. The number of carboxylic acids is 1. The molecule has 0 rings (SSSR count). The third-order valence-corrected chi connectivity index (χ3v) is 3.19. The number of unbranched alkanes of at least 4 members (excludes halogenated alkanes) is 3. The van der Waals surface area contributed by atoms with Crippen molar-refractivity contribution in [1.82, 2.24) is 10.6 Å². The van der Waals surface area contributed by atoms with Crippen LogP contribution in [0.3, 0.4) is 0 Å². The van der Waals surface area contributed by atoms with Gasteiger partial charge in [0.1, 0.15) is 0 Å². The molecule has 0 aromatic carbocycles. The zero-order valence-electron chi connectivity index (χ0n) is 11.6. The minimum Gasteiger partial charge on any atom is -0.480 e. The lowest BCUT2D eigenvalue weighted by molar-refractivity contribution is -0.140. The minimum absolute atomic E-state index is 0.0442. The summed E-state index contributed by atoms with van der Waals surface area (Å²) >= 11 is 1.84. The number of aliphatic carboxylic acids is 1. The molecule has 3 N–H and O–H groups in total. The van der Waals surface area contributed by atoms with Crippen molar-refractivity contribution in [3.63, 3.8) is 0 Å². The summed E-state index contributed by atoms with van der Waals surface area (Å²) in [6.45, 7) is 0.516. The third-order valence-electron chi connectivity index (χ3n) is 2.50. The fourth-order valence-electron chi connectivity index (χ4n) is 1.48. The lowest BCUT2D eigenvalue weighted by Crippen LogP contribution is -2.48. The van der Waals surface area contributed by atoms with E-state index in [9.17, 15) is 9.59 Å². The fraction of sp³-hybridized carbons (Fsp3) is 0.833. The van der Waals surface area contributed by atoms with Gasteiger partial charge in [-0.15, -0.1) is 0 Å². The number of amides is 2. The van der Waals surface area contributed by atoms with Gasteiger partial charge >= 0.3 is 12.0 Å². The zero-order valence-corrected chi connectivity index (χ0v) is 12.4. The van der Waals surface area contributed by atoms with Gasteiger partial charge in [-0.25, -0.2) is 9.59 Å². The highest BCUT2D eigenvalue weighted by Gasteiger charge is 2.18. The minimum atomic E-state index is -1.10. The van der Waals surface area contributed by atoms with E-state index in [2.05, 4.69) is 16.9 Å². The van der Waals surface area contributed by atoms with E-state index in [0.29, 0.717) is 6.54 Å². The van der Waals surface area contributed by atoms with Crippen LogP contribution in [0.15, 0.2) is 0 Å². The van der Waals surface area contributed by atoms with Crippen molar-refractivity contribution in [3.05, 3.63) is 0 Å². The number of ether oxygens (including phenoxy) is 1. The number of hydrogen-bond acceptors (Lipinski definition) is 4. The van der Waals surface area contributed by atoms with Crippen molar-refractivity contribution in [3.8, 4) is 0 Å². The van der Waals surface area contributed by atoms with Gasteiger partial charge in [0.2, 0.25) is 0 Å². The maximum absolute atomic E-state index is 11.4. The predicted molar refractivity (Wildman–Crippen MR) is 76.7 cm³/mol. The molecule has 0 aliphatic rings. The summed E-state index contributed by atoms with van der Waals surface area (Å²) < 4.78 is 4.72. The Bertz CT molecular complexity index is 264. The normalized spacial score (nSPS) is 11.9. The smallest absolute Gasteiger partial charge is 0.328 e. The van der Waals surface area contributed by atoms with Crippen molar-refractivity contribution in [2.45, 2.75) is 31.7 Å². The van der Waals surface area contributed by atoms with Crippen molar-refractivity contribution >= 4 is 23.8 Å². The Kier molecular flexibility index (Phi) is 11.5. The molecule has 19 heavy (non-hydrogen) atoms. The van der Waals surface area contributed by atoms with Crippen LogP contribution in [-0.2, 0) is 9.53 Å². The summed E-state index contributed by atoms with van der Waals surface area (Å²) in [4.78, 5) is 22.2. The first-order valence-corrected chi connectivity index (χ1v) is 7.76. The van der Waals surface area contributed by atoms with Crippen LogP contribution in [-0.4, -0.2) is 55.4 Å². The number of carbonyl (C=O) groups is 2. The average molecular weight is 292 g/mol. The SMILES string of the molecule is COCC(NC(=O)NCCCCCCSC)C(=O)O. The molecule has 0 aromatic rings. The largest absolute Gasteiger partial charge is 0.480 e. The zero-order chi connectivity index (χ0) is 14.5. The topological polar surface area (TPSA) is 87.7 Å². The second-order valence-corrected chi connectivity index (χ2v) is 5.14. The van der Waals surface area contributed by atoms with Gasteiger partial charge in [0.15, 0.2) is 6.04 Å². The first-order chi connectivity index (χ1) is 9.11. The number of urea groups is 1. The summed E-state index contributed by atoms with van der Waals surface area (Å²) in [5.74, 6) is 0.0691. The molecule has 0 spiro atoms. The van der Waals surface area contributed by atoms with E-state index < -0.39 is 18.0 Å². The van der Waals surface area contributed by atoms with E-state index >= 15 is 0 Å². The van der Waals surface area contributed by atoms with Gasteiger partial charge < -0.3 is 20.5 Å². The third kappa shape index (κ3) is 10.6. The van der Waals surface area contributed by atoms with Gasteiger partial charge in [0.25, 0.3) is 0 Å². The van der Waals surface area contributed by atoms with Crippen LogP contribution in [0, 0.1) is 0 Å². The Balaban J connectivity index is 3.60. The fourth-order valence-corrected chi connectivity index (χ4v) is 1.97. The second kappa shape index (κ2) is 12.1. The van der Waals surface area contributed by atoms with Crippen LogP contribution in [0.2, 0.25) is 0 Å². The number of nitrogens with one attached hydrogen (secondary N) is 2. The molecule has 0 heterocycles. The van der Waals surface area contributed by atoms with Crippen LogP contribution in [0.1, 0.15) is 25.7 Å². The van der Waals surface area contributed by atoms with E-state index in [1.165, 1.54) is 19.3 Å². The molecule has 0 radical (unpaired) electrons. The average Bonchev–Trinajstić information content (AvgIpc) is 2.37. The van der Waals surface area contributed by atoms with Crippen molar-refractivity contribution in [1.29, 1.82) is 0 Å². The maximum Gasteiger partial charge on any atom is 0.328 e. The lowest BCUT2D eigenvalue weighted by Gasteiger charge is -2.14. The van der Waals surface area contributed by atoms with Crippen LogP contribution >= 0.6 is 11.8 Å². The van der Waals surface area contributed by atoms with Gasteiger partial charge in [0, 0.05) is 13.7 Å². The molecule has 0 fully saturated rings. The molecule has 2 amide bonds. The number of hydrogen-bond donors (Lipinski definition) is 3. The summed E-state index contributed by atoms with van der Waals surface area (Å²) in [6, 6.07) is -1.47. The molecule has 0 saturated heterocycles.